The molecule has 0 amide bonds. The van der Waals surface area contributed by atoms with E-state index in [4.69, 9.17) is 0 Å². The van der Waals surface area contributed by atoms with Gasteiger partial charge >= 0.3 is 0 Å². The molecule has 0 spiro atoms. The Kier molecular flexibility index (Phi) is 7.35. The summed E-state index contributed by atoms with van der Waals surface area (Å²) in [6, 6.07) is 0.721. The van der Waals surface area contributed by atoms with Gasteiger partial charge in [0.25, 0.3) is 0 Å². The minimum atomic E-state index is 0.721. The molecular formula is C12H27N. The molecule has 3 atom stereocenters. The zero-order valence-electron chi connectivity index (χ0n) is 10.1. The highest BCUT2D eigenvalue weighted by Gasteiger charge is 2.18. The van der Waals surface area contributed by atoms with Crippen LogP contribution in [0.3, 0.4) is 0 Å². The average Bonchev–Trinajstić information content (AvgIpc) is 2.17. The Labute approximate surface area is 84.3 Å². The van der Waals surface area contributed by atoms with Gasteiger partial charge in [0.15, 0.2) is 0 Å². The molecule has 1 heteroatoms. The van der Waals surface area contributed by atoms with Crippen LogP contribution < -0.4 is 5.32 Å². The minimum absolute atomic E-state index is 0.721. The van der Waals surface area contributed by atoms with Gasteiger partial charge in [-0.15, -0.1) is 0 Å². The van der Waals surface area contributed by atoms with Crippen LogP contribution in [0.25, 0.3) is 0 Å². The lowest BCUT2D eigenvalue weighted by Crippen LogP contribution is -2.33. The molecule has 0 fully saturated rings. The van der Waals surface area contributed by atoms with Crippen molar-refractivity contribution < 1.29 is 0 Å². The van der Waals surface area contributed by atoms with Crippen molar-refractivity contribution in [2.45, 2.75) is 59.4 Å². The summed E-state index contributed by atoms with van der Waals surface area (Å²) in [7, 11) is 2.09. The highest BCUT2D eigenvalue weighted by atomic mass is 14.9. The van der Waals surface area contributed by atoms with Gasteiger partial charge < -0.3 is 5.32 Å². The highest BCUT2D eigenvalue weighted by Crippen LogP contribution is 2.22. The molecule has 0 saturated carbocycles. The molecule has 0 aliphatic carbocycles. The van der Waals surface area contributed by atoms with Gasteiger partial charge in [-0.05, 0) is 31.7 Å². The van der Waals surface area contributed by atoms with Crippen LogP contribution in [-0.4, -0.2) is 13.1 Å². The SMILES string of the molecule is CCC(C)CC(CC)C(CC)NC. The van der Waals surface area contributed by atoms with E-state index in [9.17, 15) is 0 Å². The van der Waals surface area contributed by atoms with Crippen molar-refractivity contribution in [1.29, 1.82) is 0 Å². The van der Waals surface area contributed by atoms with E-state index in [1.165, 1.54) is 25.7 Å². The van der Waals surface area contributed by atoms with Gasteiger partial charge in [0.05, 0.1) is 0 Å². The molecule has 3 unspecified atom stereocenters. The van der Waals surface area contributed by atoms with Crippen molar-refractivity contribution in [3.05, 3.63) is 0 Å². The van der Waals surface area contributed by atoms with Crippen molar-refractivity contribution in [3.63, 3.8) is 0 Å². The zero-order chi connectivity index (χ0) is 10.3. The van der Waals surface area contributed by atoms with Gasteiger partial charge in [0, 0.05) is 6.04 Å². The van der Waals surface area contributed by atoms with E-state index in [1.54, 1.807) is 0 Å². The highest BCUT2D eigenvalue weighted by molar-refractivity contribution is 4.74. The summed E-state index contributed by atoms with van der Waals surface area (Å²) in [5.74, 6) is 1.75. The molecule has 13 heavy (non-hydrogen) atoms. The molecule has 0 bridgehead atoms. The van der Waals surface area contributed by atoms with E-state index in [0.717, 1.165) is 17.9 Å². The molecule has 0 heterocycles. The summed E-state index contributed by atoms with van der Waals surface area (Å²) in [4.78, 5) is 0. The molecule has 0 aromatic carbocycles. The first kappa shape index (κ1) is 13.0. The molecule has 0 aliphatic heterocycles. The fraction of sp³-hybridized carbons (Fsp3) is 1.00. The first-order valence-corrected chi connectivity index (χ1v) is 5.86. The lowest BCUT2D eigenvalue weighted by atomic mass is 9.85. The van der Waals surface area contributed by atoms with Gasteiger partial charge in [-0.2, -0.15) is 0 Å². The summed E-state index contributed by atoms with van der Waals surface area (Å²) < 4.78 is 0. The third-order valence-electron chi connectivity index (χ3n) is 3.31. The standard InChI is InChI=1S/C12H27N/c1-6-10(4)9-11(7-2)12(8-3)13-5/h10-13H,6-9H2,1-5H3. The third-order valence-corrected chi connectivity index (χ3v) is 3.31. The summed E-state index contributed by atoms with van der Waals surface area (Å²) in [6.07, 6.45) is 5.26. The maximum Gasteiger partial charge on any atom is 0.00896 e. The number of hydrogen-bond donors (Lipinski definition) is 1. The van der Waals surface area contributed by atoms with Gasteiger partial charge in [-0.25, -0.2) is 0 Å². The van der Waals surface area contributed by atoms with Crippen LogP contribution in [0.5, 0.6) is 0 Å². The molecule has 80 valence electrons. The normalized spacial score (nSPS) is 18.2. The molecule has 0 aromatic heterocycles. The molecule has 0 aromatic rings. The monoisotopic (exact) mass is 185 g/mol. The van der Waals surface area contributed by atoms with E-state index in [-0.39, 0.29) is 0 Å². The Hall–Kier alpha value is -0.0400. The van der Waals surface area contributed by atoms with Gasteiger partial charge in [0.2, 0.25) is 0 Å². The molecule has 1 N–H and O–H groups in total. The number of hydrogen-bond acceptors (Lipinski definition) is 1. The van der Waals surface area contributed by atoms with Crippen molar-refractivity contribution in [1.82, 2.24) is 5.32 Å². The second-order valence-corrected chi connectivity index (χ2v) is 4.22. The predicted molar refractivity (Wildman–Crippen MR) is 61.0 cm³/mol. The largest absolute Gasteiger partial charge is 0.317 e. The fourth-order valence-electron chi connectivity index (χ4n) is 2.07. The van der Waals surface area contributed by atoms with Crippen molar-refractivity contribution in [3.8, 4) is 0 Å². The summed E-state index contributed by atoms with van der Waals surface area (Å²) in [5, 5.41) is 3.43. The second-order valence-electron chi connectivity index (χ2n) is 4.22. The van der Waals surface area contributed by atoms with Crippen LogP contribution in [0.4, 0.5) is 0 Å². The Morgan fingerprint density at radius 2 is 1.62 bits per heavy atom. The van der Waals surface area contributed by atoms with Crippen LogP contribution >= 0.6 is 0 Å². The Morgan fingerprint density at radius 3 is 1.92 bits per heavy atom. The van der Waals surface area contributed by atoms with Gasteiger partial charge in [0.1, 0.15) is 0 Å². The number of rotatable bonds is 7. The van der Waals surface area contributed by atoms with Crippen molar-refractivity contribution >= 4 is 0 Å². The third kappa shape index (κ3) is 4.66. The lowest BCUT2D eigenvalue weighted by molar-refractivity contribution is 0.287. The molecule has 0 rings (SSSR count). The smallest absolute Gasteiger partial charge is 0.00896 e. The Morgan fingerprint density at radius 1 is 1.00 bits per heavy atom. The summed E-state index contributed by atoms with van der Waals surface area (Å²) in [6.45, 7) is 9.25. The predicted octanol–water partition coefficient (Wildman–Crippen LogP) is 3.45. The van der Waals surface area contributed by atoms with Crippen LogP contribution in [0.1, 0.15) is 53.4 Å². The quantitative estimate of drug-likeness (QED) is 0.640. The maximum absolute atomic E-state index is 3.43. The van der Waals surface area contributed by atoms with Crippen molar-refractivity contribution in [2.75, 3.05) is 7.05 Å². The Bertz CT molecular complexity index is 108. The first-order chi connectivity index (χ1) is 6.19. The van der Waals surface area contributed by atoms with Crippen LogP contribution in [0.15, 0.2) is 0 Å². The van der Waals surface area contributed by atoms with E-state index in [0.29, 0.717) is 0 Å². The lowest BCUT2D eigenvalue weighted by Gasteiger charge is -2.27. The van der Waals surface area contributed by atoms with Crippen LogP contribution in [0.2, 0.25) is 0 Å². The van der Waals surface area contributed by atoms with E-state index < -0.39 is 0 Å². The van der Waals surface area contributed by atoms with E-state index >= 15 is 0 Å². The van der Waals surface area contributed by atoms with Gasteiger partial charge in [-0.1, -0.05) is 40.5 Å². The maximum atomic E-state index is 3.43. The topological polar surface area (TPSA) is 12.0 Å². The minimum Gasteiger partial charge on any atom is -0.317 e. The fourth-order valence-corrected chi connectivity index (χ4v) is 2.07. The van der Waals surface area contributed by atoms with Gasteiger partial charge in [-0.3, -0.25) is 0 Å². The molecule has 0 aliphatic rings. The Balaban J connectivity index is 3.98. The second kappa shape index (κ2) is 7.37. The van der Waals surface area contributed by atoms with E-state index in [1.807, 2.05) is 0 Å². The van der Waals surface area contributed by atoms with Crippen LogP contribution in [0, 0.1) is 11.8 Å². The summed E-state index contributed by atoms with van der Waals surface area (Å²) >= 11 is 0. The summed E-state index contributed by atoms with van der Waals surface area (Å²) in [5.41, 5.74) is 0. The zero-order valence-corrected chi connectivity index (χ0v) is 10.1. The molecule has 0 saturated heterocycles. The van der Waals surface area contributed by atoms with E-state index in [2.05, 4.69) is 40.1 Å². The number of nitrogens with one attached hydrogen (secondary N) is 1. The molecular weight excluding hydrogens is 158 g/mol. The average molecular weight is 185 g/mol. The first-order valence-electron chi connectivity index (χ1n) is 5.86. The van der Waals surface area contributed by atoms with Crippen LogP contribution in [-0.2, 0) is 0 Å². The molecule has 1 nitrogen and oxygen atoms in total. The van der Waals surface area contributed by atoms with Crippen molar-refractivity contribution in [2.24, 2.45) is 11.8 Å². The molecule has 0 radical (unpaired) electrons.